The van der Waals surface area contributed by atoms with E-state index in [9.17, 15) is 4.79 Å². The molecule has 1 aromatic heterocycles. The minimum absolute atomic E-state index is 0.0652. The topological polar surface area (TPSA) is 34.0 Å². The van der Waals surface area contributed by atoms with E-state index in [0.717, 1.165) is 6.42 Å². The standard InChI is InChI=1S/C12H16N2O/c1-4-7-10(5-2)13-12(15)11-8-6-9-14(11)3/h1,6,8-10H,5,7H2,2-3H3,(H,13,15). The van der Waals surface area contributed by atoms with Gasteiger partial charge in [-0.3, -0.25) is 4.79 Å². The molecule has 1 amide bonds. The molecule has 0 aliphatic heterocycles. The van der Waals surface area contributed by atoms with Gasteiger partial charge in [0.2, 0.25) is 0 Å². The Hall–Kier alpha value is -1.69. The first kappa shape index (κ1) is 11.4. The Morgan fingerprint density at radius 1 is 1.73 bits per heavy atom. The number of hydrogen-bond acceptors (Lipinski definition) is 1. The Morgan fingerprint density at radius 3 is 2.93 bits per heavy atom. The third-order valence-corrected chi connectivity index (χ3v) is 2.37. The van der Waals surface area contributed by atoms with Gasteiger partial charge in [-0.15, -0.1) is 12.3 Å². The van der Waals surface area contributed by atoms with E-state index in [4.69, 9.17) is 6.42 Å². The number of amides is 1. The minimum atomic E-state index is -0.0652. The fourth-order valence-corrected chi connectivity index (χ4v) is 1.40. The summed E-state index contributed by atoms with van der Waals surface area (Å²) in [6.45, 7) is 2.01. The lowest BCUT2D eigenvalue weighted by molar-refractivity contribution is 0.0928. The summed E-state index contributed by atoms with van der Waals surface area (Å²) in [5, 5.41) is 2.91. The molecule has 1 heterocycles. The molecule has 1 rings (SSSR count). The number of nitrogens with zero attached hydrogens (tertiary/aromatic N) is 1. The van der Waals surface area contributed by atoms with E-state index in [1.807, 2.05) is 26.2 Å². The van der Waals surface area contributed by atoms with Crippen molar-refractivity contribution in [3.05, 3.63) is 24.0 Å². The minimum Gasteiger partial charge on any atom is -0.347 e. The van der Waals surface area contributed by atoms with Gasteiger partial charge in [-0.05, 0) is 18.6 Å². The third-order valence-electron chi connectivity index (χ3n) is 2.37. The summed E-state index contributed by atoms with van der Waals surface area (Å²) in [4.78, 5) is 11.8. The molecule has 1 atom stereocenters. The lowest BCUT2D eigenvalue weighted by Gasteiger charge is -2.14. The number of hydrogen-bond donors (Lipinski definition) is 1. The monoisotopic (exact) mass is 204 g/mol. The summed E-state index contributed by atoms with van der Waals surface area (Å²) in [6.07, 6.45) is 8.49. The molecule has 0 saturated carbocycles. The van der Waals surface area contributed by atoms with Crippen molar-refractivity contribution in [3.63, 3.8) is 0 Å². The van der Waals surface area contributed by atoms with Gasteiger partial charge >= 0.3 is 0 Å². The van der Waals surface area contributed by atoms with Gasteiger partial charge in [0.1, 0.15) is 5.69 Å². The molecule has 1 N–H and O–H groups in total. The van der Waals surface area contributed by atoms with Gasteiger partial charge in [0.15, 0.2) is 0 Å². The fourth-order valence-electron chi connectivity index (χ4n) is 1.40. The Morgan fingerprint density at radius 2 is 2.47 bits per heavy atom. The predicted octanol–water partition coefficient (Wildman–Crippen LogP) is 1.56. The van der Waals surface area contributed by atoms with Crippen LogP contribution in [0.15, 0.2) is 18.3 Å². The van der Waals surface area contributed by atoms with E-state index in [2.05, 4.69) is 11.2 Å². The first-order valence-corrected chi connectivity index (χ1v) is 5.04. The molecule has 1 unspecified atom stereocenters. The summed E-state index contributed by atoms with van der Waals surface area (Å²) in [5.74, 6) is 2.50. The van der Waals surface area contributed by atoms with Crippen molar-refractivity contribution >= 4 is 5.91 Å². The second-order valence-electron chi connectivity index (χ2n) is 3.49. The molecular formula is C12H16N2O. The van der Waals surface area contributed by atoms with Crippen LogP contribution in [-0.4, -0.2) is 16.5 Å². The number of carbonyl (C=O) groups excluding carboxylic acids is 1. The highest BCUT2D eigenvalue weighted by Crippen LogP contribution is 2.02. The van der Waals surface area contributed by atoms with Crippen LogP contribution >= 0.6 is 0 Å². The number of aryl methyl sites for hydroxylation is 1. The van der Waals surface area contributed by atoms with Crippen LogP contribution in [0.1, 0.15) is 30.3 Å². The van der Waals surface area contributed by atoms with E-state index in [1.165, 1.54) is 0 Å². The van der Waals surface area contributed by atoms with E-state index in [0.29, 0.717) is 12.1 Å². The summed E-state index contributed by atoms with van der Waals surface area (Å²) >= 11 is 0. The predicted molar refractivity (Wildman–Crippen MR) is 60.4 cm³/mol. The van der Waals surface area contributed by atoms with Crippen LogP contribution in [0.4, 0.5) is 0 Å². The zero-order valence-corrected chi connectivity index (χ0v) is 9.16. The van der Waals surface area contributed by atoms with Gasteiger partial charge in [-0.25, -0.2) is 0 Å². The van der Waals surface area contributed by atoms with Crippen molar-refractivity contribution in [2.24, 2.45) is 7.05 Å². The van der Waals surface area contributed by atoms with Crippen LogP contribution in [0.2, 0.25) is 0 Å². The van der Waals surface area contributed by atoms with Crippen molar-refractivity contribution in [1.82, 2.24) is 9.88 Å². The average molecular weight is 204 g/mol. The number of nitrogens with one attached hydrogen (secondary N) is 1. The maximum atomic E-state index is 11.8. The quantitative estimate of drug-likeness (QED) is 0.742. The number of rotatable bonds is 4. The second kappa shape index (κ2) is 5.26. The van der Waals surface area contributed by atoms with E-state index >= 15 is 0 Å². The molecule has 80 valence electrons. The highest BCUT2D eigenvalue weighted by molar-refractivity contribution is 5.92. The normalized spacial score (nSPS) is 11.8. The molecular weight excluding hydrogens is 188 g/mol. The molecule has 0 aliphatic rings. The first-order valence-electron chi connectivity index (χ1n) is 5.04. The Bertz CT molecular complexity index is 373. The Kier molecular flexibility index (Phi) is 3.99. The molecule has 0 radical (unpaired) electrons. The van der Waals surface area contributed by atoms with Crippen LogP contribution in [0.5, 0.6) is 0 Å². The SMILES string of the molecule is C#CCC(CC)NC(=O)c1cccn1C. The van der Waals surface area contributed by atoms with Crippen molar-refractivity contribution < 1.29 is 4.79 Å². The van der Waals surface area contributed by atoms with Gasteiger partial charge < -0.3 is 9.88 Å². The van der Waals surface area contributed by atoms with Gasteiger partial charge in [0.05, 0.1) is 0 Å². The maximum absolute atomic E-state index is 11.8. The number of terminal acetylenes is 1. The fraction of sp³-hybridized carbons (Fsp3) is 0.417. The zero-order chi connectivity index (χ0) is 11.3. The molecule has 15 heavy (non-hydrogen) atoms. The van der Waals surface area contributed by atoms with E-state index in [1.54, 1.807) is 10.6 Å². The summed E-state index contributed by atoms with van der Waals surface area (Å²) in [6, 6.07) is 3.70. The number of aromatic nitrogens is 1. The van der Waals surface area contributed by atoms with Gasteiger partial charge in [0, 0.05) is 25.7 Å². The molecule has 0 spiro atoms. The highest BCUT2D eigenvalue weighted by Gasteiger charge is 2.12. The molecule has 3 nitrogen and oxygen atoms in total. The van der Waals surface area contributed by atoms with Crippen molar-refractivity contribution in [2.75, 3.05) is 0 Å². The average Bonchev–Trinajstić information content (AvgIpc) is 2.63. The van der Waals surface area contributed by atoms with Crippen molar-refractivity contribution in [1.29, 1.82) is 0 Å². The molecule has 0 fully saturated rings. The van der Waals surface area contributed by atoms with Gasteiger partial charge in [0.25, 0.3) is 5.91 Å². The lowest BCUT2D eigenvalue weighted by Crippen LogP contribution is -2.35. The van der Waals surface area contributed by atoms with E-state index < -0.39 is 0 Å². The van der Waals surface area contributed by atoms with Crippen molar-refractivity contribution in [3.8, 4) is 12.3 Å². The molecule has 0 aromatic carbocycles. The maximum Gasteiger partial charge on any atom is 0.268 e. The van der Waals surface area contributed by atoms with Crippen LogP contribution in [-0.2, 0) is 7.05 Å². The lowest BCUT2D eigenvalue weighted by atomic mass is 10.1. The highest BCUT2D eigenvalue weighted by atomic mass is 16.2. The van der Waals surface area contributed by atoms with Gasteiger partial charge in [-0.1, -0.05) is 6.92 Å². The number of carbonyl (C=O) groups is 1. The van der Waals surface area contributed by atoms with Crippen molar-refractivity contribution in [2.45, 2.75) is 25.8 Å². The molecule has 3 heteroatoms. The molecule has 0 saturated heterocycles. The van der Waals surface area contributed by atoms with Gasteiger partial charge in [-0.2, -0.15) is 0 Å². The Balaban J connectivity index is 2.63. The first-order chi connectivity index (χ1) is 7.19. The van der Waals surface area contributed by atoms with Crippen LogP contribution in [0, 0.1) is 12.3 Å². The smallest absolute Gasteiger partial charge is 0.268 e. The Labute approximate surface area is 90.5 Å². The molecule has 0 bridgehead atoms. The summed E-state index contributed by atoms with van der Waals surface area (Å²) < 4.78 is 1.79. The summed E-state index contributed by atoms with van der Waals surface area (Å²) in [7, 11) is 1.84. The van der Waals surface area contributed by atoms with Crippen LogP contribution in [0.3, 0.4) is 0 Å². The second-order valence-corrected chi connectivity index (χ2v) is 3.49. The zero-order valence-electron chi connectivity index (χ0n) is 9.16. The largest absolute Gasteiger partial charge is 0.347 e. The molecule has 0 aliphatic carbocycles. The molecule has 1 aromatic rings. The van der Waals surface area contributed by atoms with Crippen LogP contribution < -0.4 is 5.32 Å². The van der Waals surface area contributed by atoms with Crippen LogP contribution in [0.25, 0.3) is 0 Å². The summed E-state index contributed by atoms with van der Waals surface area (Å²) in [5.41, 5.74) is 0.658. The van der Waals surface area contributed by atoms with E-state index in [-0.39, 0.29) is 11.9 Å². The third kappa shape index (κ3) is 2.88.